The van der Waals surface area contributed by atoms with Crippen molar-refractivity contribution >= 4 is 0 Å². The van der Waals surface area contributed by atoms with Gasteiger partial charge >= 0.3 is 0 Å². The molecule has 0 aliphatic carbocycles. The molecule has 0 amide bonds. The average molecular weight is 227 g/mol. The highest BCUT2D eigenvalue weighted by atomic mass is 15.2. The number of rotatable bonds is 1. The van der Waals surface area contributed by atoms with Crippen molar-refractivity contribution in [1.82, 2.24) is 9.78 Å². The minimum Gasteiger partial charge on any atom is -0.275 e. The first-order valence-corrected chi connectivity index (χ1v) is 5.71. The van der Waals surface area contributed by atoms with Crippen LogP contribution in [0.4, 0.5) is 0 Å². The lowest BCUT2D eigenvalue weighted by Gasteiger charge is -2.03. The van der Waals surface area contributed by atoms with Gasteiger partial charge in [0.2, 0.25) is 0 Å². The van der Waals surface area contributed by atoms with E-state index in [1.54, 1.807) is 10.9 Å². The molecule has 1 aromatic carbocycles. The maximum absolute atomic E-state index is 9.09. The molecular weight excluding hydrogens is 210 g/mol. The molecule has 2 aromatic rings. The molecule has 0 spiro atoms. The number of benzene rings is 1. The van der Waals surface area contributed by atoms with Crippen molar-refractivity contribution in [3.05, 3.63) is 41.7 Å². The Kier molecular flexibility index (Phi) is 4.47. The van der Waals surface area contributed by atoms with E-state index in [4.69, 9.17) is 5.26 Å². The van der Waals surface area contributed by atoms with Gasteiger partial charge in [0.1, 0.15) is 6.07 Å². The molecule has 2 rings (SSSR count). The Morgan fingerprint density at radius 2 is 2.00 bits per heavy atom. The summed E-state index contributed by atoms with van der Waals surface area (Å²) in [4.78, 5) is 0. The largest absolute Gasteiger partial charge is 0.275 e. The third-order valence-electron chi connectivity index (χ3n) is 2.40. The maximum atomic E-state index is 9.09. The summed E-state index contributed by atoms with van der Waals surface area (Å²) in [6.07, 6.45) is 3.69. The Morgan fingerprint density at radius 1 is 1.29 bits per heavy atom. The molecule has 0 radical (unpaired) electrons. The first kappa shape index (κ1) is 13.0. The molecule has 0 aliphatic heterocycles. The molecule has 0 saturated heterocycles. The van der Waals surface area contributed by atoms with Crippen LogP contribution in [-0.4, -0.2) is 9.78 Å². The number of aryl methyl sites for hydroxylation is 2. The van der Waals surface area contributed by atoms with Crippen molar-refractivity contribution in [2.45, 2.75) is 20.8 Å². The van der Waals surface area contributed by atoms with E-state index in [1.165, 1.54) is 0 Å². The van der Waals surface area contributed by atoms with Crippen LogP contribution in [0.1, 0.15) is 25.0 Å². The summed E-state index contributed by atoms with van der Waals surface area (Å²) in [6.45, 7) is 5.94. The lowest BCUT2D eigenvalue weighted by Crippen LogP contribution is -1.87. The number of hydrogen-bond acceptors (Lipinski definition) is 2. The van der Waals surface area contributed by atoms with Crippen LogP contribution >= 0.6 is 0 Å². The highest BCUT2D eigenvalue weighted by Gasteiger charge is 2.08. The van der Waals surface area contributed by atoms with E-state index in [0.29, 0.717) is 0 Å². The minimum absolute atomic E-state index is 0.727. The van der Waals surface area contributed by atoms with E-state index in [0.717, 1.165) is 22.3 Å². The van der Waals surface area contributed by atoms with Crippen molar-refractivity contribution in [1.29, 1.82) is 5.26 Å². The van der Waals surface area contributed by atoms with Gasteiger partial charge in [0, 0.05) is 24.4 Å². The fourth-order valence-corrected chi connectivity index (χ4v) is 1.62. The van der Waals surface area contributed by atoms with E-state index >= 15 is 0 Å². The van der Waals surface area contributed by atoms with Gasteiger partial charge in [-0.2, -0.15) is 10.4 Å². The van der Waals surface area contributed by atoms with Crippen LogP contribution in [0.3, 0.4) is 0 Å². The first-order valence-electron chi connectivity index (χ1n) is 5.71. The third-order valence-corrected chi connectivity index (χ3v) is 2.40. The molecule has 0 N–H and O–H groups in total. The van der Waals surface area contributed by atoms with Crippen molar-refractivity contribution in [3.63, 3.8) is 0 Å². The summed E-state index contributed by atoms with van der Waals surface area (Å²) in [5.74, 6) is 0. The summed E-state index contributed by atoms with van der Waals surface area (Å²) < 4.78 is 1.73. The Balaban J connectivity index is 0.000000686. The zero-order valence-electron chi connectivity index (χ0n) is 10.7. The van der Waals surface area contributed by atoms with Gasteiger partial charge in [0.05, 0.1) is 11.8 Å². The highest BCUT2D eigenvalue weighted by molar-refractivity contribution is 5.70. The second kappa shape index (κ2) is 5.86. The lowest BCUT2D eigenvalue weighted by molar-refractivity contribution is 0.768. The van der Waals surface area contributed by atoms with Crippen LogP contribution in [0.15, 0.2) is 30.6 Å². The second-order valence-electron chi connectivity index (χ2n) is 3.51. The van der Waals surface area contributed by atoms with Crippen LogP contribution in [0.2, 0.25) is 0 Å². The van der Waals surface area contributed by atoms with Crippen LogP contribution in [-0.2, 0) is 7.05 Å². The molecule has 3 heteroatoms. The normalized spacial score (nSPS) is 9.12. The summed E-state index contributed by atoms with van der Waals surface area (Å²) in [7, 11) is 1.87. The smallest absolute Gasteiger partial charge is 0.100 e. The average Bonchev–Trinajstić information content (AvgIpc) is 2.78. The molecule has 0 atom stereocenters. The number of hydrogen-bond donors (Lipinski definition) is 0. The van der Waals surface area contributed by atoms with Crippen LogP contribution < -0.4 is 0 Å². The predicted octanol–water partition coefficient (Wildman–Crippen LogP) is 3.29. The van der Waals surface area contributed by atoms with E-state index in [9.17, 15) is 0 Å². The van der Waals surface area contributed by atoms with Crippen LogP contribution in [0, 0.1) is 18.3 Å². The van der Waals surface area contributed by atoms with E-state index in [2.05, 4.69) is 11.2 Å². The van der Waals surface area contributed by atoms with E-state index in [-0.39, 0.29) is 0 Å². The number of aromatic nitrogens is 2. The van der Waals surface area contributed by atoms with Crippen molar-refractivity contribution < 1.29 is 0 Å². The topological polar surface area (TPSA) is 41.6 Å². The molecule has 0 unspecified atom stereocenters. The lowest BCUT2D eigenvalue weighted by atomic mass is 9.99. The van der Waals surface area contributed by atoms with Gasteiger partial charge in [-0.15, -0.1) is 0 Å². The van der Waals surface area contributed by atoms with Crippen LogP contribution in [0.5, 0.6) is 0 Å². The second-order valence-corrected chi connectivity index (χ2v) is 3.51. The molecule has 0 fully saturated rings. The quantitative estimate of drug-likeness (QED) is 0.750. The Labute approximate surface area is 102 Å². The van der Waals surface area contributed by atoms with Gasteiger partial charge in [0.25, 0.3) is 0 Å². The molecule has 0 saturated carbocycles. The summed E-state index contributed by atoms with van der Waals surface area (Å²) in [6, 6.07) is 8.08. The Morgan fingerprint density at radius 3 is 2.53 bits per heavy atom. The molecular formula is C14H17N3. The van der Waals surface area contributed by atoms with Gasteiger partial charge in [-0.05, 0) is 12.5 Å². The monoisotopic (exact) mass is 227 g/mol. The van der Waals surface area contributed by atoms with E-state index < -0.39 is 0 Å². The van der Waals surface area contributed by atoms with Gasteiger partial charge < -0.3 is 0 Å². The zero-order chi connectivity index (χ0) is 12.8. The minimum atomic E-state index is 0.727. The summed E-state index contributed by atoms with van der Waals surface area (Å²) >= 11 is 0. The molecule has 17 heavy (non-hydrogen) atoms. The van der Waals surface area contributed by atoms with Crippen molar-refractivity contribution in [2.75, 3.05) is 0 Å². The van der Waals surface area contributed by atoms with Gasteiger partial charge in [-0.25, -0.2) is 0 Å². The number of nitriles is 1. The third kappa shape index (κ3) is 2.73. The van der Waals surface area contributed by atoms with Gasteiger partial charge in [-0.1, -0.05) is 32.0 Å². The molecule has 0 bridgehead atoms. The highest BCUT2D eigenvalue weighted by Crippen LogP contribution is 2.24. The molecule has 1 aromatic heterocycles. The van der Waals surface area contributed by atoms with Gasteiger partial charge in [0.15, 0.2) is 0 Å². The van der Waals surface area contributed by atoms with Crippen molar-refractivity contribution in [3.8, 4) is 17.2 Å². The standard InChI is InChI=1S/C12H11N3.C2H6/c1-9-4-3-5-11(12(9)6-13)10-7-14-15(2)8-10;1-2/h3-5,7-8H,1-2H3;1-2H3. The molecule has 88 valence electrons. The summed E-state index contributed by atoms with van der Waals surface area (Å²) in [5.41, 5.74) is 3.66. The Hall–Kier alpha value is -2.08. The Bertz CT molecular complexity index is 533. The maximum Gasteiger partial charge on any atom is 0.100 e. The van der Waals surface area contributed by atoms with Gasteiger partial charge in [-0.3, -0.25) is 4.68 Å². The first-order chi connectivity index (χ1) is 8.22. The molecule has 0 aliphatic rings. The zero-order valence-corrected chi connectivity index (χ0v) is 10.7. The fraction of sp³-hybridized carbons (Fsp3) is 0.286. The van der Waals surface area contributed by atoms with Crippen molar-refractivity contribution in [2.24, 2.45) is 7.05 Å². The van der Waals surface area contributed by atoms with E-state index in [1.807, 2.05) is 52.2 Å². The molecule has 3 nitrogen and oxygen atoms in total. The fourth-order valence-electron chi connectivity index (χ4n) is 1.62. The predicted molar refractivity (Wildman–Crippen MR) is 69.4 cm³/mol. The van der Waals surface area contributed by atoms with Crippen LogP contribution in [0.25, 0.3) is 11.1 Å². The summed E-state index contributed by atoms with van der Waals surface area (Å²) in [5, 5.41) is 13.2. The number of nitrogens with zero attached hydrogens (tertiary/aromatic N) is 3. The SMILES string of the molecule is CC.Cc1cccc(-c2cnn(C)c2)c1C#N. The molecule has 1 heterocycles.